The second-order valence-electron chi connectivity index (χ2n) is 8.52. The molecule has 2 heterocycles. The lowest BCUT2D eigenvalue weighted by Crippen LogP contribution is -2.46. The van der Waals surface area contributed by atoms with Crippen LogP contribution >= 0.6 is 11.8 Å². The van der Waals surface area contributed by atoms with Gasteiger partial charge in [-0.1, -0.05) is 30.0 Å². The summed E-state index contributed by atoms with van der Waals surface area (Å²) in [6.07, 6.45) is -31.5. The molecule has 5 nitrogen and oxygen atoms in total. The highest BCUT2D eigenvalue weighted by Gasteiger charge is 2.60. The largest absolute Gasteiger partial charge is 0.456 e. The third-order valence-electron chi connectivity index (χ3n) is 5.27. The van der Waals surface area contributed by atoms with Gasteiger partial charge in [0, 0.05) is 11.0 Å². The van der Waals surface area contributed by atoms with Crippen LogP contribution in [0.1, 0.15) is 16.8 Å². The van der Waals surface area contributed by atoms with E-state index in [1.807, 2.05) is 0 Å². The number of nitrogens with zero attached hydrogens (tertiary/aromatic N) is 2. The Kier molecular flexibility index (Phi) is 8.97. The van der Waals surface area contributed by atoms with Crippen molar-refractivity contribution in [2.24, 2.45) is 4.99 Å². The number of allylic oxidation sites excluding steroid dienone is 1. The van der Waals surface area contributed by atoms with Gasteiger partial charge < -0.3 is 14.5 Å². The van der Waals surface area contributed by atoms with Gasteiger partial charge in [0.25, 0.3) is 12.2 Å². The number of aliphatic imine (C=N–C) groups is 1. The van der Waals surface area contributed by atoms with Gasteiger partial charge in [-0.25, -0.2) is 4.99 Å². The molecule has 0 atom stereocenters. The molecule has 0 unspecified atom stereocenters. The molecule has 0 radical (unpaired) electrons. The molecule has 0 saturated carbocycles. The Morgan fingerprint density at radius 2 is 1.31 bits per heavy atom. The predicted octanol–water partition coefficient (Wildman–Crippen LogP) is 8.34. The molecule has 2 aromatic rings. The highest BCUT2D eigenvalue weighted by Crippen LogP contribution is 2.44. The van der Waals surface area contributed by atoms with Crippen LogP contribution in [0.4, 0.5) is 52.7 Å². The number of aromatic amines is 1. The van der Waals surface area contributed by atoms with Crippen LogP contribution in [0.25, 0.3) is 4.91 Å². The van der Waals surface area contributed by atoms with Crippen molar-refractivity contribution in [1.29, 1.82) is 5.26 Å². The molecular weight excluding hydrogens is 622 g/mol. The molecule has 3 rings (SSSR count). The Balaban J connectivity index is 2.16. The van der Waals surface area contributed by atoms with Gasteiger partial charge >= 0.3 is 24.7 Å². The van der Waals surface area contributed by atoms with Gasteiger partial charge in [-0.3, -0.25) is 0 Å². The predicted molar refractivity (Wildman–Crippen MR) is 124 cm³/mol. The van der Waals surface area contributed by atoms with Crippen LogP contribution in [-0.4, -0.2) is 47.8 Å². The van der Waals surface area contributed by atoms with E-state index < -0.39 is 60.0 Å². The zero-order chi connectivity index (χ0) is 31.8. The summed E-state index contributed by atoms with van der Waals surface area (Å²) in [7, 11) is 0. The number of H-pyrrole nitrogens is 1. The standard InChI is InChI=1S/C24H15F12N3O2S/c1-10-4-3-5-11(2)16(10)42-17(13-6-7-15(38-13)40-19(21(25,26)27)22(28,29)30)14-8-12(9-37)18(39-14)41-20(23(31,32)33)24(34,35)36/h3-8,19-20,38H,1-2H3/b17-14+. The first-order valence-electron chi connectivity index (χ1n) is 11.1. The summed E-state index contributed by atoms with van der Waals surface area (Å²) in [5.41, 5.74) is -0.452. The molecule has 1 N–H and O–H groups in total. The number of benzene rings is 1. The van der Waals surface area contributed by atoms with Crippen molar-refractivity contribution in [3.8, 4) is 11.9 Å². The number of nitrogens with one attached hydrogen (secondary N) is 1. The molecule has 0 amide bonds. The maximum atomic E-state index is 13.1. The Morgan fingerprint density at radius 3 is 1.79 bits per heavy atom. The Bertz CT molecular complexity index is 1410. The number of alkyl halides is 12. The number of ether oxygens (including phenoxy) is 2. The summed E-state index contributed by atoms with van der Waals surface area (Å²) < 4.78 is 165. The average molecular weight is 637 g/mol. The second kappa shape index (κ2) is 11.5. The molecule has 1 aromatic carbocycles. The maximum absolute atomic E-state index is 13.1. The van der Waals surface area contributed by atoms with Crippen LogP contribution in [0.2, 0.25) is 0 Å². The van der Waals surface area contributed by atoms with Crippen LogP contribution in [0.15, 0.2) is 57.6 Å². The summed E-state index contributed by atoms with van der Waals surface area (Å²) in [4.78, 5) is 6.02. The SMILES string of the molecule is Cc1cccc(C)c1S/C(=C1\C=C(C#N)C(OC(C(F)(F)F)C(F)(F)F)=N1)c1ccc(OC(C(F)(F)F)C(F)(F)F)[nH]1. The lowest BCUT2D eigenvalue weighted by Gasteiger charge is -2.23. The minimum atomic E-state index is -5.96. The van der Waals surface area contributed by atoms with Crippen molar-refractivity contribution < 1.29 is 62.2 Å². The van der Waals surface area contributed by atoms with Crippen LogP contribution in [0.3, 0.4) is 0 Å². The van der Waals surface area contributed by atoms with Crippen molar-refractivity contribution in [2.45, 2.75) is 55.7 Å². The summed E-state index contributed by atoms with van der Waals surface area (Å²) in [6.45, 7) is 3.25. The molecule has 228 valence electrons. The van der Waals surface area contributed by atoms with Crippen LogP contribution in [-0.2, 0) is 4.74 Å². The molecule has 18 heteroatoms. The van der Waals surface area contributed by atoms with Crippen LogP contribution in [0.5, 0.6) is 5.88 Å². The van der Waals surface area contributed by atoms with Crippen LogP contribution < -0.4 is 4.74 Å². The lowest BCUT2D eigenvalue weighted by atomic mass is 10.2. The number of nitriles is 1. The van der Waals surface area contributed by atoms with Gasteiger partial charge in [-0.05, 0) is 37.1 Å². The lowest BCUT2D eigenvalue weighted by molar-refractivity contribution is -0.303. The van der Waals surface area contributed by atoms with E-state index >= 15 is 0 Å². The molecule has 1 aliphatic rings. The smallest absolute Gasteiger partial charge is 0.434 e. The molecular formula is C24H15F12N3O2S. The van der Waals surface area contributed by atoms with Crippen molar-refractivity contribution in [2.75, 3.05) is 0 Å². The highest BCUT2D eigenvalue weighted by atomic mass is 32.2. The van der Waals surface area contributed by atoms with Crippen molar-refractivity contribution in [3.63, 3.8) is 0 Å². The molecule has 0 saturated heterocycles. The van der Waals surface area contributed by atoms with E-state index in [9.17, 15) is 57.9 Å². The van der Waals surface area contributed by atoms with Gasteiger partial charge in [-0.2, -0.15) is 57.9 Å². The molecule has 1 aromatic heterocycles. The molecule has 42 heavy (non-hydrogen) atoms. The number of rotatable bonds is 6. The molecule has 0 aliphatic carbocycles. The van der Waals surface area contributed by atoms with Gasteiger partial charge in [0.2, 0.25) is 5.90 Å². The number of hydrogen-bond donors (Lipinski definition) is 1. The van der Waals surface area contributed by atoms with Crippen molar-refractivity contribution in [3.05, 3.63) is 64.5 Å². The minimum absolute atomic E-state index is 0.209. The van der Waals surface area contributed by atoms with E-state index in [1.165, 1.54) is 6.07 Å². The number of thioether (sulfide) groups is 1. The molecule has 1 aliphatic heterocycles. The molecule has 0 spiro atoms. The zero-order valence-electron chi connectivity index (χ0n) is 20.8. The fourth-order valence-corrected chi connectivity index (χ4v) is 4.55. The van der Waals surface area contributed by atoms with E-state index in [2.05, 4.69) is 19.5 Å². The third-order valence-corrected chi connectivity index (χ3v) is 6.75. The van der Waals surface area contributed by atoms with Crippen molar-refractivity contribution >= 4 is 22.6 Å². The normalized spacial score (nSPS) is 16.0. The first-order valence-corrected chi connectivity index (χ1v) is 11.9. The van der Waals surface area contributed by atoms with Gasteiger partial charge in [0.15, 0.2) is 5.88 Å². The topological polar surface area (TPSA) is 70.4 Å². The summed E-state index contributed by atoms with van der Waals surface area (Å²) in [5.74, 6) is -2.38. The second-order valence-corrected chi connectivity index (χ2v) is 9.54. The fraction of sp³-hybridized carbons (Fsp3) is 0.333. The monoisotopic (exact) mass is 637 g/mol. The van der Waals surface area contributed by atoms with Gasteiger partial charge in [0.05, 0.1) is 16.3 Å². The first kappa shape index (κ1) is 32.8. The summed E-state index contributed by atoms with van der Waals surface area (Å²) in [5, 5.41) is 9.35. The molecule has 0 fully saturated rings. The number of aromatic nitrogens is 1. The van der Waals surface area contributed by atoms with Gasteiger partial charge in [0.1, 0.15) is 11.6 Å². The summed E-state index contributed by atoms with van der Waals surface area (Å²) in [6, 6.07) is 7.89. The van der Waals surface area contributed by atoms with E-state index in [-0.39, 0.29) is 10.6 Å². The average Bonchev–Trinajstić information content (AvgIpc) is 3.45. The minimum Gasteiger partial charge on any atom is -0.456 e. The molecule has 0 bridgehead atoms. The third kappa shape index (κ3) is 7.55. The van der Waals surface area contributed by atoms with E-state index in [0.29, 0.717) is 22.1 Å². The van der Waals surface area contributed by atoms with Crippen LogP contribution in [0, 0.1) is 25.2 Å². The summed E-state index contributed by atoms with van der Waals surface area (Å²) >= 11 is 0.767. The van der Waals surface area contributed by atoms with E-state index in [0.717, 1.165) is 23.9 Å². The van der Waals surface area contributed by atoms with Crippen molar-refractivity contribution in [1.82, 2.24) is 4.98 Å². The Hall–Kier alpha value is -3.75. The number of halogens is 12. The fourth-order valence-electron chi connectivity index (χ4n) is 3.45. The quantitative estimate of drug-likeness (QED) is 0.256. The zero-order valence-corrected chi connectivity index (χ0v) is 21.6. The maximum Gasteiger partial charge on any atom is 0.434 e. The Morgan fingerprint density at radius 1 is 0.810 bits per heavy atom. The van der Waals surface area contributed by atoms with E-state index in [1.54, 1.807) is 32.0 Å². The first-order chi connectivity index (χ1) is 19.1. The number of aryl methyl sites for hydroxylation is 2. The van der Waals surface area contributed by atoms with Gasteiger partial charge in [-0.15, -0.1) is 0 Å². The number of hydrogen-bond acceptors (Lipinski definition) is 5. The van der Waals surface area contributed by atoms with E-state index in [4.69, 9.17) is 0 Å². The Labute approximate surface area is 232 Å². The highest BCUT2D eigenvalue weighted by molar-refractivity contribution is 8.08.